The number of β-amino-alcohol motifs (C(OH)–C–C–N with tert-alkyl or cyclic N) is 1. The minimum Gasteiger partial charge on any atom is -0.450 e. The van der Waals surface area contributed by atoms with Crippen LogP contribution < -0.4 is 0 Å². The number of aliphatic hydroxyl groups is 1. The maximum Gasteiger partial charge on any atom is 0.506 e. The molecular weight excluding hydrogens is 518 g/mol. The Labute approximate surface area is 233 Å². The molecule has 1 aliphatic heterocycles. The molecule has 3 aromatic rings. The largest absolute Gasteiger partial charge is 0.506 e. The van der Waals surface area contributed by atoms with E-state index >= 15 is 0 Å². The summed E-state index contributed by atoms with van der Waals surface area (Å²) in [5.74, 6) is 0.945. The lowest BCUT2D eigenvalue weighted by Gasteiger charge is -2.35. The Morgan fingerprint density at radius 2 is 1.87 bits per heavy atom. The van der Waals surface area contributed by atoms with Crippen LogP contribution in [0.15, 0.2) is 59.1 Å². The molecule has 8 nitrogen and oxygen atoms in total. The molecule has 2 fully saturated rings. The van der Waals surface area contributed by atoms with E-state index < -0.39 is 12.3 Å². The molecule has 1 unspecified atom stereocenters. The molecule has 2 heterocycles. The van der Waals surface area contributed by atoms with E-state index in [0.717, 1.165) is 42.0 Å². The van der Waals surface area contributed by atoms with Crippen molar-refractivity contribution in [1.29, 1.82) is 0 Å². The topological polar surface area (TPSA) is 109 Å². The van der Waals surface area contributed by atoms with Crippen molar-refractivity contribution < 1.29 is 24.3 Å². The summed E-state index contributed by atoms with van der Waals surface area (Å²) in [7, 11) is 0. The highest BCUT2D eigenvalue weighted by Crippen LogP contribution is 2.41. The fourth-order valence-electron chi connectivity index (χ4n) is 5.79. The number of aliphatic hydroxyl groups excluding tert-OH is 1. The lowest BCUT2D eigenvalue weighted by molar-refractivity contribution is 0.00215. The van der Waals surface area contributed by atoms with Crippen LogP contribution in [0, 0.1) is 0 Å². The predicted molar refractivity (Wildman–Crippen MR) is 149 cm³/mol. The molecule has 1 saturated heterocycles. The molecule has 206 valence electrons. The normalized spacial score (nSPS) is 20.6. The van der Waals surface area contributed by atoms with Crippen molar-refractivity contribution in [1.82, 2.24) is 15.0 Å². The number of likely N-dealkylation sites (tertiary alicyclic amines) is 1. The third kappa shape index (κ3) is 6.87. The Hall–Kier alpha value is -3.20. The summed E-state index contributed by atoms with van der Waals surface area (Å²) in [6.07, 6.45) is 9.09. The fraction of sp³-hybridized carbons (Fsp3) is 0.433. The number of piperidine rings is 1. The molecule has 2 aromatic carbocycles. The molecule has 5 rings (SSSR count). The summed E-state index contributed by atoms with van der Waals surface area (Å²) in [4.78, 5) is 17.5. The van der Waals surface area contributed by atoms with Gasteiger partial charge in [-0.1, -0.05) is 78.5 Å². The second-order valence-electron chi connectivity index (χ2n) is 10.6. The van der Waals surface area contributed by atoms with Gasteiger partial charge in [-0.15, -0.1) is 0 Å². The van der Waals surface area contributed by atoms with Gasteiger partial charge in [0.15, 0.2) is 0 Å². The van der Waals surface area contributed by atoms with Gasteiger partial charge in [-0.25, -0.2) is 4.79 Å². The highest BCUT2D eigenvalue weighted by Gasteiger charge is 2.31. The number of hydrogen-bond donors (Lipinski definition) is 2. The molecule has 1 saturated carbocycles. The summed E-state index contributed by atoms with van der Waals surface area (Å²) >= 11 is 6.13. The number of hydrogen-bond acceptors (Lipinski definition) is 7. The molecule has 2 aliphatic rings. The molecule has 0 radical (unpaired) electrons. The highest BCUT2D eigenvalue weighted by atomic mass is 35.5. The van der Waals surface area contributed by atoms with Crippen molar-refractivity contribution in [2.45, 2.75) is 62.6 Å². The number of carbonyl (C=O) groups is 1. The lowest BCUT2D eigenvalue weighted by Crippen LogP contribution is -2.42. The second kappa shape index (κ2) is 12.3. The van der Waals surface area contributed by atoms with E-state index in [4.69, 9.17) is 26.0 Å². The lowest BCUT2D eigenvalue weighted by atomic mass is 9.69. The SMILES string of the molecule is O=C(O)O[C@H]1CCCN(CC(O)c2ccc(-c3noc(/C=C/C4(c5ccc(Cl)cc5)CCCCC4)n3)cc2)C1. The van der Waals surface area contributed by atoms with Crippen molar-refractivity contribution in [3.05, 3.63) is 76.6 Å². The van der Waals surface area contributed by atoms with Gasteiger partial charge in [-0.05, 0) is 55.5 Å². The van der Waals surface area contributed by atoms with Crippen LogP contribution in [0.25, 0.3) is 17.5 Å². The van der Waals surface area contributed by atoms with Crippen LogP contribution in [0.2, 0.25) is 5.02 Å². The maximum absolute atomic E-state index is 10.8. The Morgan fingerprint density at radius 3 is 2.59 bits per heavy atom. The smallest absolute Gasteiger partial charge is 0.450 e. The number of halogens is 1. The summed E-state index contributed by atoms with van der Waals surface area (Å²) in [6.45, 7) is 1.69. The number of benzene rings is 2. The average Bonchev–Trinajstić information content (AvgIpc) is 3.42. The first-order valence-electron chi connectivity index (χ1n) is 13.6. The van der Waals surface area contributed by atoms with Gasteiger partial charge in [0, 0.05) is 35.2 Å². The van der Waals surface area contributed by atoms with Gasteiger partial charge < -0.3 is 19.5 Å². The van der Waals surface area contributed by atoms with Crippen LogP contribution in [-0.4, -0.2) is 57.1 Å². The zero-order valence-corrected chi connectivity index (χ0v) is 22.6. The minimum absolute atomic E-state index is 0.0661. The number of allylic oxidation sites excluding steroid dienone is 1. The molecule has 1 aromatic heterocycles. The summed E-state index contributed by atoms with van der Waals surface area (Å²) in [6, 6.07) is 15.6. The van der Waals surface area contributed by atoms with E-state index in [1.807, 2.05) is 47.4 Å². The van der Waals surface area contributed by atoms with Crippen LogP contribution in [0.5, 0.6) is 0 Å². The maximum atomic E-state index is 10.8. The second-order valence-corrected chi connectivity index (χ2v) is 11.0. The van der Waals surface area contributed by atoms with E-state index in [0.29, 0.717) is 31.2 Å². The Kier molecular flexibility index (Phi) is 8.65. The van der Waals surface area contributed by atoms with Crippen LogP contribution in [0.4, 0.5) is 4.79 Å². The van der Waals surface area contributed by atoms with Crippen molar-refractivity contribution in [2.24, 2.45) is 0 Å². The number of rotatable bonds is 8. The first kappa shape index (κ1) is 27.4. The number of ether oxygens (including phenoxy) is 1. The third-order valence-corrected chi connectivity index (χ3v) is 8.12. The predicted octanol–water partition coefficient (Wildman–Crippen LogP) is 6.50. The molecule has 0 spiro atoms. The third-order valence-electron chi connectivity index (χ3n) is 7.87. The quantitative estimate of drug-likeness (QED) is 0.305. The molecule has 0 amide bonds. The summed E-state index contributed by atoms with van der Waals surface area (Å²) in [5.41, 5.74) is 2.76. The van der Waals surface area contributed by atoms with Gasteiger partial charge in [-0.3, -0.25) is 4.90 Å². The standard InChI is InChI=1S/C30H34ClN3O5/c31-24-12-10-23(11-13-24)30(15-2-1-3-16-30)17-14-27-32-28(33-39-27)22-8-6-21(7-9-22)26(35)20-34-18-4-5-25(19-34)38-29(36)37/h6-14,17,25-26,35H,1-5,15-16,18-20H2,(H,36,37)/b17-14+/t25-,26?/m0/s1. The van der Waals surface area contributed by atoms with Crippen molar-refractivity contribution in [3.63, 3.8) is 0 Å². The average molecular weight is 552 g/mol. The zero-order valence-electron chi connectivity index (χ0n) is 21.8. The van der Waals surface area contributed by atoms with Crippen molar-refractivity contribution in [2.75, 3.05) is 19.6 Å². The monoisotopic (exact) mass is 551 g/mol. The molecule has 9 heteroatoms. The molecule has 2 atom stereocenters. The van der Waals surface area contributed by atoms with E-state index in [2.05, 4.69) is 28.3 Å². The van der Waals surface area contributed by atoms with E-state index in [-0.39, 0.29) is 11.5 Å². The van der Waals surface area contributed by atoms with Crippen LogP contribution >= 0.6 is 11.6 Å². The van der Waals surface area contributed by atoms with Crippen molar-refractivity contribution >= 4 is 23.8 Å². The number of aromatic nitrogens is 2. The van der Waals surface area contributed by atoms with Gasteiger partial charge >= 0.3 is 6.16 Å². The molecule has 39 heavy (non-hydrogen) atoms. The number of nitrogens with zero attached hydrogens (tertiary/aromatic N) is 3. The highest BCUT2D eigenvalue weighted by molar-refractivity contribution is 6.30. The van der Waals surface area contributed by atoms with E-state index in [9.17, 15) is 9.90 Å². The first-order chi connectivity index (χ1) is 18.9. The Bertz CT molecular complexity index is 1270. The minimum atomic E-state index is -1.26. The molecule has 2 N–H and O–H groups in total. The molecule has 0 bridgehead atoms. The molecule has 1 aliphatic carbocycles. The van der Waals surface area contributed by atoms with E-state index in [1.54, 1.807) is 0 Å². The van der Waals surface area contributed by atoms with Crippen molar-refractivity contribution in [3.8, 4) is 11.4 Å². The van der Waals surface area contributed by atoms with Gasteiger partial charge in [0.1, 0.15) is 6.10 Å². The Morgan fingerprint density at radius 1 is 1.13 bits per heavy atom. The summed E-state index contributed by atoms with van der Waals surface area (Å²) in [5, 5.41) is 24.5. The van der Waals surface area contributed by atoms with E-state index in [1.165, 1.54) is 24.8 Å². The van der Waals surface area contributed by atoms with Crippen LogP contribution in [0.1, 0.15) is 68.1 Å². The van der Waals surface area contributed by atoms with Gasteiger partial charge in [0.05, 0.1) is 6.10 Å². The fourth-order valence-corrected chi connectivity index (χ4v) is 5.92. The van der Waals surface area contributed by atoms with Gasteiger partial charge in [0.2, 0.25) is 5.82 Å². The van der Waals surface area contributed by atoms with Crippen LogP contribution in [0.3, 0.4) is 0 Å². The van der Waals surface area contributed by atoms with Gasteiger partial charge in [0.25, 0.3) is 5.89 Å². The van der Waals surface area contributed by atoms with Crippen LogP contribution in [-0.2, 0) is 10.2 Å². The molecular formula is C30H34ClN3O5. The number of carboxylic acid groups (broad SMARTS) is 1. The van der Waals surface area contributed by atoms with Gasteiger partial charge in [-0.2, -0.15) is 4.98 Å². The Balaban J connectivity index is 1.23. The zero-order chi connectivity index (χ0) is 27.2. The summed E-state index contributed by atoms with van der Waals surface area (Å²) < 4.78 is 10.5. The first-order valence-corrected chi connectivity index (χ1v) is 14.0.